The zero-order valence-corrected chi connectivity index (χ0v) is 13.2. The highest BCUT2D eigenvalue weighted by atomic mass is 16.2. The van der Waals surface area contributed by atoms with Crippen molar-refractivity contribution in [2.45, 2.75) is 26.8 Å². The van der Waals surface area contributed by atoms with Crippen molar-refractivity contribution in [2.75, 3.05) is 5.32 Å². The van der Waals surface area contributed by atoms with Gasteiger partial charge in [0.2, 0.25) is 0 Å². The summed E-state index contributed by atoms with van der Waals surface area (Å²) in [6, 6.07) is 11.5. The Labute approximate surface area is 134 Å². The van der Waals surface area contributed by atoms with Crippen LogP contribution in [0.15, 0.2) is 48.8 Å². The van der Waals surface area contributed by atoms with E-state index in [0.717, 1.165) is 24.3 Å². The van der Waals surface area contributed by atoms with Crippen molar-refractivity contribution < 1.29 is 4.79 Å². The number of hydrogen-bond acceptors (Lipinski definition) is 3. The third-order valence-electron chi connectivity index (χ3n) is 3.46. The smallest absolute Gasteiger partial charge is 0.276 e. The lowest BCUT2D eigenvalue weighted by molar-refractivity contribution is 0.102. The van der Waals surface area contributed by atoms with Crippen LogP contribution in [0.2, 0.25) is 0 Å². The second-order valence-electron chi connectivity index (χ2n) is 5.36. The van der Waals surface area contributed by atoms with Crippen LogP contribution in [0.5, 0.6) is 0 Å². The molecule has 6 heteroatoms. The number of nitrogens with one attached hydrogen (secondary N) is 1. The summed E-state index contributed by atoms with van der Waals surface area (Å²) < 4.78 is 3.57. The summed E-state index contributed by atoms with van der Waals surface area (Å²) in [5.41, 5.74) is 2.90. The van der Waals surface area contributed by atoms with E-state index in [1.54, 1.807) is 16.9 Å². The van der Waals surface area contributed by atoms with Crippen LogP contribution in [0, 0.1) is 6.92 Å². The maximum Gasteiger partial charge on any atom is 0.276 e. The van der Waals surface area contributed by atoms with E-state index in [1.807, 2.05) is 48.1 Å². The van der Waals surface area contributed by atoms with Gasteiger partial charge in [-0.25, -0.2) is 4.68 Å². The molecular weight excluding hydrogens is 290 g/mol. The van der Waals surface area contributed by atoms with Crippen LogP contribution in [0.25, 0.3) is 5.69 Å². The number of aryl methyl sites for hydroxylation is 2. The molecule has 1 N–H and O–H groups in total. The maximum absolute atomic E-state index is 12.4. The number of rotatable bonds is 5. The highest BCUT2D eigenvalue weighted by Gasteiger charge is 2.14. The minimum atomic E-state index is -0.237. The molecule has 0 aliphatic heterocycles. The molecule has 0 unspecified atom stereocenters. The summed E-state index contributed by atoms with van der Waals surface area (Å²) in [7, 11) is 0. The Bertz CT molecular complexity index is 804. The first-order valence-electron chi connectivity index (χ1n) is 7.63. The number of nitrogens with zero attached hydrogens (tertiary/aromatic N) is 4. The summed E-state index contributed by atoms with van der Waals surface area (Å²) in [6.07, 6.45) is 4.47. The predicted molar refractivity (Wildman–Crippen MR) is 88.8 cm³/mol. The maximum atomic E-state index is 12.4. The van der Waals surface area contributed by atoms with Crippen molar-refractivity contribution in [3.63, 3.8) is 0 Å². The molecule has 0 bridgehead atoms. The van der Waals surface area contributed by atoms with Crippen LogP contribution in [0.3, 0.4) is 0 Å². The fourth-order valence-corrected chi connectivity index (χ4v) is 2.39. The molecule has 0 aliphatic carbocycles. The molecule has 6 nitrogen and oxygen atoms in total. The van der Waals surface area contributed by atoms with Crippen molar-refractivity contribution in [1.29, 1.82) is 0 Å². The van der Waals surface area contributed by atoms with Crippen LogP contribution in [0.1, 0.15) is 29.5 Å². The van der Waals surface area contributed by atoms with Gasteiger partial charge >= 0.3 is 0 Å². The fourth-order valence-electron chi connectivity index (χ4n) is 2.39. The summed E-state index contributed by atoms with van der Waals surface area (Å²) in [6.45, 7) is 4.84. The molecule has 3 aromatic rings. The second kappa shape index (κ2) is 6.48. The number of aromatic nitrogens is 4. The Morgan fingerprint density at radius 1 is 1.26 bits per heavy atom. The second-order valence-corrected chi connectivity index (χ2v) is 5.36. The third-order valence-corrected chi connectivity index (χ3v) is 3.46. The number of anilines is 1. The van der Waals surface area contributed by atoms with Crippen molar-refractivity contribution in [3.8, 4) is 5.69 Å². The molecule has 1 amide bonds. The first kappa shape index (κ1) is 15.0. The fraction of sp³-hybridized carbons (Fsp3) is 0.235. The van der Waals surface area contributed by atoms with E-state index in [9.17, 15) is 4.79 Å². The largest absolute Gasteiger partial charge is 0.318 e. The quantitative estimate of drug-likeness (QED) is 0.788. The SMILES string of the molecule is CCCn1cc(NC(=O)c2cc(C)n(-c3ccccc3)n2)cn1. The zero-order valence-electron chi connectivity index (χ0n) is 13.2. The molecule has 0 atom stereocenters. The topological polar surface area (TPSA) is 64.7 Å². The van der Waals surface area contributed by atoms with Gasteiger partial charge in [0.05, 0.1) is 17.6 Å². The average Bonchev–Trinajstić information content (AvgIpc) is 3.15. The van der Waals surface area contributed by atoms with Gasteiger partial charge in [-0.3, -0.25) is 9.48 Å². The van der Waals surface area contributed by atoms with Crippen molar-refractivity contribution in [1.82, 2.24) is 19.6 Å². The van der Waals surface area contributed by atoms with Gasteiger partial charge in [0.15, 0.2) is 5.69 Å². The number of para-hydroxylation sites is 1. The highest BCUT2D eigenvalue weighted by molar-refractivity contribution is 6.02. The van der Waals surface area contributed by atoms with E-state index in [2.05, 4.69) is 22.4 Å². The van der Waals surface area contributed by atoms with E-state index in [0.29, 0.717) is 11.4 Å². The minimum absolute atomic E-state index is 0.237. The van der Waals surface area contributed by atoms with Crippen LogP contribution >= 0.6 is 0 Å². The van der Waals surface area contributed by atoms with Gasteiger partial charge in [-0.15, -0.1) is 0 Å². The van der Waals surface area contributed by atoms with Gasteiger partial charge in [-0.2, -0.15) is 10.2 Å². The molecule has 0 radical (unpaired) electrons. The first-order chi connectivity index (χ1) is 11.2. The molecule has 0 aliphatic rings. The first-order valence-corrected chi connectivity index (χ1v) is 7.63. The molecule has 0 fully saturated rings. The number of benzene rings is 1. The van der Waals surface area contributed by atoms with E-state index >= 15 is 0 Å². The molecule has 118 valence electrons. The number of carbonyl (C=O) groups excluding carboxylic acids is 1. The van der Waals surface area contributed by atoms with Crippen LogP contribution in [0.4, 0.5) is 5.69 Å². The molecule has 0 spiro atoms. The van der Waals surface area contributed by atoms with E-state index in [4.69, 9.17) is 0 Å². The number of hydrogen-bond donors (Lipinski definition) is 1. The highest BCUT2D eigenvalue weighted by Crippen LogP contribution is 2.13. The van der Waals surface area contributed by atoms with Gasteiger partial charge in [0.25, 0.3) is 5.91 Å². The van der Waals surface area contributed by atoms with Gasteiger partial charge < -0.3 is 5.32 Å². The molecule has 3 rings (SSSR count). The van der Waals surface area contributed by atoms with E-state index < -0.39 is 0 Å². The van der Waals surface area contributed by atoms with Crippen LogP contribution < -0.4 is 5.32 Å². The van der Waals surface area contributed by atoms with Gasteiger partial charge in [-0.1, -0.05) is 25.1 Å². The predicted octanol–water partition coefficient (Wildman–Crippen LogP) is 3.04. The third kappa shape index (κ3) is 3.31. The van der Waals surface area contributed by atoms with Gasteiger partial charge in [0, 0.05) is 18.4 Å². The lowest BCUT2D eigenvalue weighted by atomic mass is 10.3. The average molecular weight is 309 g/mol. The summed E-state index contributed by atoms with van der Waals surface area (Å²) >= 11 is 0. The number of carbonyl (C=O) groups is 1. The Morgan fingerprint density at radius 2 is 2.04 bits per heavy atom. The van der Waals surface area contributed by atoms with Gasteiger partial charge in [0.1, 0.15) is 0 Å². The Balaban J connectivity index is 1.77. The molecular formula is C17H19N5O. The molecule has 0 saturated carbocycles. The van der Waals surface area contributed by atoms with Crippen LogP contribution in [-0.4, -0.2) is 25.5 Å². The normalized spacial score (nSPS) is 10.7. The van der Waals surface area contributed by atoms with Crippen LogP contribution in [-0.2, 0) is 6.54 Å². The summed E-state index contributed by atoms with van der Waals surface area (Å²) in [4.78, 5) is 12.4. The van der Waals surface area contributed by atoms with Gasteiger partial charge in [-0.05, 0) is 31.5 Å². The summed E-state index contributed by atoms with van der Waals surface area (Å²) in [5.74, 6) is -0.237. The molecule has 0 saturated heterocycles. The Kier molecular flexibility index (Phi) is 4.23. The van der Waals surface area contributed by atoms with Crippen molar-refractivity contribution in [2.24, 2.45) is 0 Å². The molecule has 2 heterocycles. The lowest BCUT2D eigenvalue weighted by Crippen LogP contribution is -2.12. The minimum Gasteiger partial charge on any atom is -0.318 e. The monoisotopic (exact) mass is 309 g/mol. The van der Waals surface area contributed by atoms with E-state index in [-0.39, 0.29) is 5.91 Å². The molecule has 2 aromatic heterocycles. The Hall–Kier alpha value is -2.89. The zero-order chi connectivity index (χ0) is 16.2. The Morgan fingerprint density at radius 3 is 2.78 bits per heavy atom. The molecule has 23 heavy (non-hydrogen) atoms. The van der Waals surface area contributed by atoms with Crippen molar-refractivity contribution in [3.05, 3.63) is 60.2 Å². The molecule has 1 aromatic carbocycles. The number of amides is 1. The lowest BCUT2D eigenvalue weighted by Gasteiger charge is -2.03. The van der Waals surface area contributed by atoms with E-state index in [1.165, 1.54) is 0 Å². The summed E-state index contributed by atoms with van der Waals surface area (Å²) in [5, 5.41) is 11.4. The standard InChI is InChI=1S/C17H19N5O/c1-3-9-21-12-14(11-18-21)19-17(23)16-10-13(2)22(20-16)15-7-5-4-6-8-15/h4-8,10-12H,3,9H2,1-2H3,(H,19,23). The van der Waals surface area contributed by atoms with Crippen molar-refractivity contribution >= 4 is 11.6 Å².